The number of oxazole rings is 1. The second-order valence-electron chi connectivity index (χ2n) is 3.17. The van der Waals surface area contributed by atoms with E-state index in [0.29, 0.717) is 5.56 Å². The number of carboxylic acid groups (broad SMARTS) is 1. The Morgan fingerprint density at radius 1 is 1.38 bits per heavy atom. The van der Waals surface area contributed by atoms with Gasteiger partial charge < -0.3 is 14.6 Å². The van der Waals surface area contributed by atoms with Gasteiger partial charge in [-0.25, -0.2) is 9.78 Å². The van der Waals surface area contributed by atoms with Crippen LogP contribution in [0.5, 0.6) is 0 Å². The number of benzene rings is 1. The lowest BCUT2D eigenvalue weighted by Crippen LogP contribution is -2.11. The van der Waals surface area contributed by atoms with E-state index in [2.05, 4.69) is 4.98 Å². The third-order valence-corrected chi connectivity index (χ3v) is 2.15. The Hall–Kier alpha value is -2.14. The van der Waals surface area contributed by atoms with Gasteiger partial charge in [-0.1, -0.05) is 18.2 Å². The first kappa shape index (κ1) is 10.4. The number of nitrogens with zero attached hydrogens (tertiary/aromatic N) is 1. The topological polar surface area (TPSA) is 83.6 Å². The lowest BCUT2D eigenvalue weighted by atomic mass is 10.0. The quantitative estimate of drug-likeness (QED) is 0.816. The van der Waals surface area contributed by atoms with Crippen LogP contribution in [0, 0.1) is 0 Å². The zero-order chi connectivity index (χ0) is 11.5. The molecule has 5 heteroatoms. The van der Waals surface area contributed by atoms with Gasteiger partial charge in [-0.15, -0.1) is 0 Å². The molecule has 1 atom stereocenters. The van der Waals surface area contributed by atoms with Crippen molar-refractivity contribution < 1.29 is 19.4 Å². The van der Waals surface area contributed by atoms with Crippen LogP contribution in [0.4, 0.5) is 0 Å². The predicted octanol–water partition coefficient (Wildman–Crippen LogP) is 1.46. The van der Waals surface area contributed by atoms with E-state index in [1.54, 1.807) is 18.2 Å². The number of hydrogen-bond donors (Lipinski definition) is 2. The molecule has 1 aromatic carbocycles. The molecular formula is C11H9NO4. The zero-order valence-corrected chi connectivity index (χ0v) is 8.20. The van der Waals surface area contributed by atoms with Crippen molar-refractivity contribution in [1.29, 1.82) is 0 Å². The van der Waals surface area contributed by atoms with E-state index < -0.39 is 12.1 Å². The van der Waals surface area contributed by atoms with Crippen molar-refractivity contribution in [2.75, 3.05) is 0 Å². The minimum absolute atomic E-state index is 0.262. The Morgan fingerprint density at radius 2 is 2.12 bits per heavy atom. The zero-order valence-electron chi connectivity index (χ0n) is 8.20. The fourth-order valence-corrected chi connectivity index (χ4v) is 1.42. The monoisotopic (exact) mass is 219 g/mol. The molecule has 1 aromatic heterocycles. The summed E-state index contributed by atoms with van der Waals surface area (Å²) in [5.74, 6) is -1.02. The van der Waals surface area contributed by atoms with Gasteiger partial charge in [0, 0.05) is 11.1 Å². The molecule has 0 saturated carbocycles. The molecule has 1 heterocycles. The van der Waals surface area contributed by atoms with Gasteiger partial charge in [0.05, 0.1) is 6.20 Å². The van der Waals surface area contributed by atoms with Gasteiger partial charge in [-0.2, -0.15) is 0 Å². The molecule has 0 bridgehead atoms. The van der Waals surface area contributed by atoms with E-state index in [0.717, 1.165) is 0 Å². The molecule has 5 nitrogen and oxygen atoms in total. The minimum Gasteiger partial charge on any atom is -0.479 e. The highest BCUT2D eigenvalue weighted by Crippen LogP contribution is 2.26. The first-order chi connectivity index (χ1) is 7.70. The summed E-state index contributed by atoms with van der Waals surface area (Å²) >= 11 is 0. The highest BCUT2D eigenvalue weighted by molar-refractivity contribution is 5.77. The lowest BCUT2D eigenvalue weighted by Gasteiger charge is -2.09. The fourth-order valence-electron chi connectivity index (χ4n) is 1.42. The van der Waals surface area contributed by atoms with Crippen LogP contribution in [0.2, 0.25) is 0 Å². The average Bonchev–Trinajstić information content (AvgIpc) is 2.81. The van der Waals surface area contributed by atoms with Gasteiger partial charge in [0.25, 0.3) is 0 Å². The first-order valence-electron chi connectivity index (χ1n) is 4.60. The normalized spacial score (nSPS) is 12.3. The second kappa shape index (κ2) is 4.16. The lowest BCUT2D eigenvalue weighted by molar-refractivity contribution is -0.146. The first-order valence-corrected chi connectivity index (χ1v) is 4.60. The molecule has 82 valence electrons. The summed E-state index contributed by atoms with van der Waals surface area (Å²) in [6.45, 7) is 0. The average molecular weight is 219 g/mol. The number of carboxylic acids is 1. The summed E-state index contributed by atoms with van der Waals surface area (Å²) in [7, 11) is 0. The van der Waals surface area contributed by atoms with Crippen molar-refractivity contribution in [2.45, 2.75) is 6.10 Å². The standard InChI is InChI=1S/C11H9NO4/c13-9(11(14)15)7-3-1-2-4-8(7)10-12-5-6-16-10/h1-6,9,13H,(H,14,15). The SMILES string of the molecule is O=C(O)C(O)c1ccccc1-c1ncco1. The highest BCUT2D eigenvalue weighted by Gasteiger charge is 2.21. The minimum atomic E-state index is -1.58. The van der Waals surface area contributed by atoms with E-state index in [-0.39, 0.29) is 11.5 Å². The van der Waals surface area contributed by atoms with E-state index >= 15 is 0 Å². The number of aliphatic hydroxyl groups is 1. The van der Waals surface area contributed by atoms with Crippen LogP contribution >= 0.6 is 0 Å². The Bertz CT molecular complexity index is 492. The van der Waals surface area contributed by atoms with Crippen LogP contribution in [0.3, 0.4) is 0 Å². The number of rotatable bonds is 3. The molecule has 0 fully saturated rings. The molecular weight excluding hydrogens is 210 g/mol. The van der Waals surface area contributed by atoms with Crippen molar-refractivity contribution in [3.8, 4) is 11.5 Å². The molecule has 0 aliphatic carbocycles. The highest BCUT2D eigenvalue weighted by atomic mass is 16.4. The van der Waals surface area contributed by atoms with Crippen molar-refractivity contribution in [1.82, 2.24) is 4.98 Å². The number of carbonyl (C=O) groups is 1. The molecule has 0 spiro atoms. The van der Waals surface area contributed by atoms with Crippen LogP contribution in [0.1, 0.15) is 11.7 Å². The van der Waals surface area contributed by atoms with E-state index in [1.165, 1.54) is 18.5 Å². The summed E-state index contributed by atoms with van der Waals surface area (Å²) in [5, 5.41) is 18.3. The van der Waals surface area contributed by atoms with Gasteiger partial charge in [0.2, 0.25) is 5.89 Å². The number of aliphatic hydroxyl groups excluding tert-OH is 1. The summed E-state index contributed by atoms with van der Waals surface area (Å²) in [4.78, 5) is 14.6. The maximum absolute atomic E-state index is 10.7. The van der Waals surface area contributed by atoms with Crippen LogP contribution in [0.25, 0.3) is 11.5 Å². The molecule has 2 N–H and O–H groups in total. The number of aromatic nitrogens is 1. The van der Waals surface area contributed by atoms with Gasteiger partial charge in [-0.05, 0) is 6.07 Å². The maximum atomic E-state index is 10.7. The molecule has 0 radical (unpaired) electrons. The molecule has 0 saturated heterocycles. The molecule has 0 aliphatic heterocycles. The molecule has 16 heavy (non-hydrogen) atoms. The molecule has 0 amide bonds. The Balaban J connectivity index is 2.50. The van der Waals surface area contributed by atoms with Crippen LogP contribution in [-0.4, -0.2) is 21.2 Å². The Morgan fingerprint density at radius 3 is 2.75 bits per heavy atom. The van der Waals surface area contributed by atoms with Crippen molar-refractivity contribution in [3.05, 3.63) is 42.3 Å². The summed E-state index contributed by atoms with van der Waals surface area (Å²) in [6.07, 6.45) is 1.27. The van der Waals surface area contributed by atoms with Gasteiger partial charge in [-0.3, -0.25) is 0 Å². The molecule has 1 unspecified atom stereocenters. The van der Waals surface area contributed by atoms with E-state index in [1.807, 2.05) is 0 Å². The third kappa shape index (κ3) is 1.80. The number of hydrogen-bond acceptors (Lipinski definition) is 4. The number of aliphatic carboxylic acids is 1. The van der Waals surface area contributed by atoms with Crippen molar-refractivity contribution in [3.63, 3.8) is 0 Å². The molecule has 2 aromatic rings. The molecule has 2 rings (SSSR count). The van der Waals surface area contributed by atoms with Gasteiger partial charge in [0.15, 0.2) is 6.10 Å². The Kier molecular flexibility index (Phi) is 2.70. The summed E-state index contributed by atoms with van der Waals surface area (Å²) < 4.78 is 5.07. The van der Waals surface area contributed by atoms with Crippen LogP contribution in [0.15, 0.2) is 41.1 Å². The Labute approximate surface area is 91.0 Å². The summed E-state index contributed by atoms with van der Waals surface area (Å²) in [6, 6.07) is 6.54. The third-order valence-electron chi connectivity index (χ3n) is 2.15. The predicted molar refractivity (Wildman–Crippen MR) is 54.5 cm³/mol. The van der Waals surface area contributed by atoms with Crippen molar-refractivity contribution in [2.24, 2.45) is 0 Å². The van der Waals surface area contributed by atoms with E-state index in [4.69, 9.17) is 9.52 Å². The van der Waals surface area contributed by atoms with Crippen LogP contribution in [-0.2, 0) is 4.79 Å². The smallest absolute Gasteiger partial charge is 0.337 e. The summed E-state index contributed by atoms with van der Waals surface area (Å²) in [5.41, 5.74) is 0.736. The molecule has 0 aliphatic rings. The van der Waals surface area contributed by atoms with Crippen LogP contribution < -0.4 is 0 Å². The largest absolute Gasteiger partial charge is 0.479 e. The maximum Gasteiger partial charge on any atom is 0.337 e. The second-order valence-corrected chi connectivity index (χ2v) is 3.17. The van der Waals surface area contributed by atoms with Gasteiger partial charge >= 0.3 is 5.97 Å². The van der Waals surface area contributed by atoms with Crippen molar-refractivity contribution >= 4 is 5.97 Å². The van der Waals surface area contributed by atoms with E-state index in [9.17, 15) is 9.90 Å². The van der Waals surface area contributed by atoms with Gasteiger partial charge in [0.1, 0.15) is 6.26 Å². The fraction of sp³-hybridized carbons (Fsp3) is 0.0909.